The summed E-state index contributed by atoms with van der Waals surface area (Å²) in [6.45, 7) is 9.44. The van der Waals surface area contributed by atoms with E-state index in [0.29, 0.717) is 83.5 Å². The molecule has 0 aromatic heterocycles. The van der Waals surface area contributed by atoms with Crippen LogP contribution in [-0.2, 0) is 50.1 Å². The number of unbranched alkanes of at least 4 members (excludes halogenated alkanes) is 25. The third-order valence-corrected chi connectivity index (χ3v) is 18.9. The highest BCUT2D eigenvalue weighted by molar-refractivity contribution is 7.91. The van der Waals surface area contributed by atoms with E-state index in [1.54, 1.807) is 0 Å². The first kappa shape index (κ1) is 66.2. The zero-order valence-electron chi connectivity index (χ0n) is 41.0. The molecule has 0 amide bonds. The lowest BCUT2D eigenvalue weighted by atomic mass is 10.1. The molecule has 0 aromatic rings. The molecule has 0 unspecified atom stereocenters. The molecule has 0 rings (SSSR count). The minimum absolute atomic E-state index is 0.0196. The lowest BCUT2D eigenvalue weighted by Gasteiger charge is -2.46. The van der Waals surface area contributed by atoms with E-state index < -0.39 is 146 Å². The molecule has 0 aliphatic rings. The fraction of sp³-hybridized carbons (Fsp3) is 0.976. The van der Waals surface area contributed by atoms with Gasteiger partial charge < -0.3 is 0 Å². The van der Waals surface area contributed by atoms with Crippen LogP contribution in [-0.4, -0.2) is 99.3 Å². The zero-order valence-corrected chi connectivity index (χ0v) is 45.1. The summed E-state index contributed by atoms with van der Waals surface area (Å²) < 4.78 is 217. The molecule has 0 N–H and O–H groups in total. The van der Waals surface area contributed by atoms with Crippen molar-refractivity contribution in [2.24, 2.45) is 0 Å². The van der Waals surface area contributed by atoms with E-state index in [9.17, 15) is 42.1 Å². The van der Waals surface area contributed by atoms with E-state index in [4.69, 9.17) is 0 Å². The molecule has 0 bridgehead atoms. The summed E-state index contributed by atoms with van der Waals surface area (Å²) in [6.07, 6.45) is 6.62. The molecule has 0 saturated carbocycles. The van der Waals surface area contributed by atoms with E-state index in [0.717, 1.165) is 44.9 Å². The molecule has 67 heavy (non-hydrogen) atoms. The van der Waals surface area contributed by atoms with Crippen molar-refractivity contribution in [3.8, 4) is 0 Å². The van der Waals surface area contributed by atoms with Crippen LogP contribution in [0, 0.1) is 6.17 Å². The van der Waals surface area contributed by atoms with Crippen molar-refractivity contribution in [3.63, 3.8) is 0 Å². The summed E-state index contributed by atoms with van der Waals surface area (Å²) in [6, 6.07) is 0. The maximum Gasteiger partial charge on any atom is 0.300 e. The Labute approximate surface area is 403 Å². The molecule has 0 saturated heterocycles. The second-order valence-corrected chi connectivity index (χ2v) is 26.9. The van der Waals surface area contributed by atoms with Gasteiger partial charge in [-0.3, -0.25) is 0 Å². The monoisotopic (exact) mass is 1070 g/mol. The molecule has 0 atom stereocenters. The second-order valence-electron chi connectivity index (χ2n) is 17.5. The lowest BCUT2D eigenvalue weighted by molar-refractivity contribution is -0.265. The highest BCUT2D eigenvalue weighted by Gasteiger charge is 2.75. The number of nitrogens with zero attached hydrogens (tertiary/aromatic N) is 5. The Morgan fingerprint density at radius 3 is 0.642 bits per heavy atom. The molecule has 0 aromatic carbocycles. The highest BCUT2D eigenvalue weighted by Crippen LogP contribution is 2.48. The van der Waals surface area contributed by atoms with Crippen LogP contribution in [0.25, 0.3) is 0 Å². The van der Waals surface area contributed by atoms with Gasteiger partial charge in [-0.1, -0.05) is 195 Å². The van der Waals surface area contributed by atoms with Gasteiger partial charge in [0.05, 0.1) is 28.8 Å². The van der Waals surface area contributed by atoms with Crippen molar-refractivity contribution in [1.82, 2.24) is 22.6 Å². The SMILES string of the molecule is CCCCCCCCS(=O)(=O)N(F)[C](N(F)S(=O)(=O)CCCCCCCC)C(N(F)S(=O)(=O)CCCCCCCC)(N(F)S(=O)(=O)CCCCCCCC)N(F)S(=O)(=O)CCCCCCCC. The van der Waals surface area contributed by atoms with E-state index in [-0.39, 0.29) is 32.1 Å². The van der Waals surface area contributed by atoms with E-state index >= 15 is 22.4 Å². The predicted molar refractivity (Wildman–Crippen MR) is 257 cm³/mol. The number of halogens is 5. The number of sulfonamides is 5. The van der Waals surface area contributed by atoms with Gasteiger partial charge in [0.25, 0.3) is 12.0 Å². The minimum Gasteiger partial charge on any atom is -0.210 e. The Morgan fingerprint density at radius 2 is 0.448 bits per heavy atom. The molecule has 0 fully saturated rings. The number of rotatable bonds is 46. The fourth-order valence-electron chi connectivity index (χ4n) is 7.29. The molecule has 403 valence electrons. The topological polar surface area (TPSA) is 187 Å². The van der Waals surface area contributed by atoms with Gasteiger partial charge in [0, 0.05) is 13.6 Å². The predicted octanol–water partition coefficient (Wildman–Crippen LogP) is 11.5. The highest BCUT2D eigenvalue weighted by atomic mass is 32.2. The quantitative estimate of drug-likeness (QED) is 0.0246. The maximum absolute atomic E-state index is 17.7. The molecule has 0 heterocycles. The summed E-state index contributed by atoms with van der Waals surface area (Å²) in [5.41, 5.74) is 0. The van der Waals surface area contributed by atoms with Crippen LogP contribution in [0.2, 0.25) is 0 Å². The molecule has 1 radical (unpaired) electrons. The standard InChI is InChI=1S/C42H85F5N5O10S5/c1-6-11-16-21-26-31-36-63(53,54)48(43)41(49(44)64(55,56)37-32-27-22-17-12-7-2)42(50(45)65(57,58)38-33-28-23-18-13-8-3,51(46)66(59,60)39-34-29-24-19-14-9-4)52(47)67(61,62)40-35-30-25-20-15-10-5/h6-40H2,1-5H3. The van der Waals surface area contributed by atoms with Gasteiger partial charge >= 0.3 is 0 Å². The Kier molecular flexibility index (Phi) is 34.1. The van der Waals surface area contributed by atoms with Gasteiger partial charge in [-0.05, 0) is 41.2 Å². The van der Waals surface area contributed by atoms with Crippen LogP contribution in [0.1, 0.15) is 227 Å². The summed E-state index contributed by atoms with van der Waals surface area (Å²) in [5.74, 6) is -13.0. The third kappa shape index (κ3) is 23.1. The molecular formula is C42H85F5N5O10S5. The fourth-order valence-corrected chi connectivity index (χ4v) is 13.9. The van der Waals surface area contributed by atoms with Crippen molar-refractivity contribution in [2.45, 2.75) is 233 Å². The van der Waals surface area contributed by atoms with E-state index in [1.807, 2.05) is 34.6 Å². The maximum atomic E-state index is 17.7. The van der Waals surface area contributed by atoms with E-state index in [2.05, 4.69) is 0 Å². The molecule has 0 aliphatic heterocycles. The van der Waals surface area contributed by atoms with Crippen LogP contribution in [0.3, 0.4) is 0 Å². The smallest absolute Gasteiger partial charge is 0.210 e. The minimum atomic E-state index is -6.18. The first-order valence-electron chi connectivity index (χ1n) is 24.8. The van der Waals surface area contributed by atoms with E-state index in [1.165, 1.54) is 0 Å². The molecule has 25 heteroatoms. The van der Waals surface area contributed by atoms with Gasteiger partial charge in [0.15, 0.2) is 0 Å². The van der Waals surface area contributed by atoms with Gasteiger partial charge in [0.1, 0.15) is 0 Å². The number of hydrogen-bond donors (Lipinski definition) is 0. The van der Waals surface area contributed by atoms with Crippen LogP contribution in [0.5, 0.6) is 0 Å². The first-order valence-corrected chi connectivity index (χ1v) is 32.8. The first-order chi connectivity index (χ1) is 31.5. The zero-order chi connectivity index (χ0) is 51.2. The van der Waals surface area contributed by atoms with Crippen molar-refractivity contribution >= 4 is 50.1 Å². The van der Waals surface area contributed by atoms with Crippen LogP contribution < -0.4 is 0 Å². The van der Waals surface area contributed by atoms with Crippen molar-refractivity contribution < 1.29 is 64.5 Å². The Morgan fingerprint density at radius 1 is 0.284 bits per heavy atom. The van der Waals surface area contributed by atoms with Crippen molar-refractivity contribution in [1.29, 1.82) is 0 Å². The van der Waals surface area contributed by atoms with Crippen molar-refractivity contribution in [2.75, 3.05) is 28.8 Å². The lowest BCUT2D eigenvalue weighted by Crippen LogP contribution is -2.75. The molecule has 0 aliphatic carbocycles. The molecular weight excluding hydrogens is 990 g/mol. The summed E-state index contributed by atoms with van der Waals surface area (Å²) in [7, 11) is -30.5. The Hall–Kier alpha value is -0.800. The van der Waals surface area contributed by atoms with Crippen molar-refractivity contribution in [3.05, 3.63) is 6.17 Å². The van der Waals surface area contributed by atoms with Gasteiger partial charge in [-0.25, -0.2) is 42.1 Å². The summed E-state index contributed by atoms with van der Waals surface area (Å²) >= 11 is 0. The third-order valence-electron chi connectivity index (χ3n) is 11.4. The Balaban J connectivity index is 8.45. The molecule has 0 spiro atoms. The normalized spacial score (nSPS) is 13.7. The van der Waals surface area contributed by atoms with Crippen LogP contribution in [0.4, 0.5) is 22.4 Å². The largest absolute Gasteiger partial charge is 0.300 e. The average Bonchev–Trinajstić information content (AvgIpc) is 3.27. The van der Waals surface area contributed by atoms with Crippen LogP contribution in [0.15, 0.2) is 0 Å². The number of hydrogen-bond acceptors (Lipinski definition) is 10. The van der Waals surface area contributed by atoms with Gasteiger partial charge in [0.2, 0.25) is 50.1 Å². The summed E-state index contributed by atoms with van der Waals surface area (Å²) in [4.78, 5) is 0. The second kappa shape index (κ2) is 34.5. The van der Waals surface area contributed by atoms with Crippen LogP contribution >= 0.6 is 0 Å². The molecule has 15 nitrogen and oxygen atoms in total. The van der Waals surface area contributed by atoms with Gasteiger partial charge in [-0.15, -0.1) is 22.4 Å². The Bertz CT molecular complexity index is 1700. The van der Waals surface area contributed by atoms with Gasteiger partial charge in [-0.2, -0.15) is 0 Å². The average molecular weight is 1080 g/mol. The summed E-state index contributed by atoms with van der Waals surface area (Å²) in [5, 5.41) is 0.